The second-order valence-electron chi connectivity index (χ2n) is 11.3. The Bertz CT molecular complexity index is 2000. The van der Waals surface area contributed by atoms with Crippen LogP contribution in [0.2, 0.25) is 13.1 Å². The number of hydrogen-bond acceptors (Lipinski definition) is 0. The van der Waals surface area contributed by atoms with Gasteiger partial charge < -0.3 is 9.13 Å². The summed E-state index contributed by atoms with van der Waals surface area (Å²) in [6.07, 6.45) is 0. The zero-order valence-corrected chi connectivity index (χ0v) is 29.0. The van der Waals surface area contributed by atoms with Crippen molar-refractivity contribution in [2.75, 3.05) is 0 Å². The van der Waals surface area contributed by atoms with Gasteiger partial charge in [0.05, 0.1) is 0 Å². The Balaban J connectivity index is 0.000000157. The molecule has 0 fully saturated rings. The van der Waals surface area contributed by atoms with E-state index in [1.54, 1.807) is 0 Å². The standard InChI is InChI=1S/2C19H16N.C2H6Si.Ti/c2*1-13-12-17-16-10-6-7-11-18(16)20(19(17)14(13)2)15-8-4-3-5-9-15;1-3-2;/h2*3-12H,1-2H3;1-2H3;/q2*-1;;+2. The van der Waals surface area contributed by atoms with Crippen molar-refractivity contribution in [1.82, 2.24) is 9.13 Å². The van der Waals surface area contributed by atoms with Gasteiger partial charge in [-0.1, -0.05) is 135 Å². The molecular weight excluding hydrogens is 584 g/mol. The van der Waals surface area contributed by atoms with E-state index in [0.717, 1.165) is 9.52 Å². The molecule has 0 saturated heterocycles. The Morgan fingerprint density at radius 3 is 1.16 bits per heavy atom. The molecule has 2 nitrogen and oxygen atoms in total. The summed E-state index contributed by atoms with van der Waals surface area (Å²) in [5.41, 5.74) is 13.2. The molecule has 0 bridgehead atoms. The number of fused-ring (bicyclic) bond motifs is 6. The number of hydrogen-bond donors (Lipinski definition) is 0. The molecule has 0 amide bonds. The molecular formula is C40H38N2SiTi. The first-order valence-corrected chi connectivity index (χ1v) is 17.0. The maximum absolute atomic E-state index is 2.38. The van der Waals surface area contributed by atoms with Crippen LogP contribution in [-0.4, -0.2) is 18.7 Å². The molecule has 2 heterocycles. The van der Waals surface area contributed by atoms with Crippen molar-refractivity contribution in [1.29, 1.82) is 0 Å². The van der Waals surface area contributed by atoms with Crippen LogP contribution in [-0.2, 0) is 21.7 Å². The summed E-state index contributed by atoms with van der Waals surface area (Å²) >= 11 is 0. The van der Waals surface area contributed by atoms with E-state index in [1.165, 1.54) is 77.2 Å². The third kappa shape index (κ3) is 5.45. The number of aromatic nitrogens is 2. The van der Waals surface area contributed by atoms with Gasteiger partial charge in [0.2, 0.25) is 0 Å². The van der Waals surface area contributed by atoms with Gasteiger partial charge in [-0.05, 0) is 36.4 Å². The molecule has 216 valence electrons. The Morgan fingerprint density at radius 2 is 0.795 bits per heavy atom. The van der Waals surface area contributed by atoms with E-state index in [1.807, 2.05) is 0 Å². The first-order valence-electron chi connectivity index (χ1n) is 15.0. The predicted molar refractivity (Wildman–Crippen MR) is 189 cm³/mol. The van der Waals surface area contributed by atoms with E-state index in [2.05, 4.69) is 171 Å². The van der Waals surface area contributed by atoms with Gasteiger partial charge in [-0.2, -0.15) is 0 Å². The molecule has 0 atom stereocenters. The monoisotopic (exact) mass is 622 g/mol. The van der Waals surface area contributed by atoms with Crippen LogP contribution in [0, 0.1) is 27.7 Å². The van der Waals surface area contributed by atoms with Crippen molar-refractivity contribution in [3.05, 3.63) is 144 Å². The summed E-state index contributed by atoms with van der Waals surface area (Å²) in [7, 11) is 1.08. The van der Waals surface area contributed by atoms with Crippen molar-refractivity contribution in [2.45, 2.75) is 40.8 Å². The Morgan fingerprint density at radius 1 is 0.477 bits per heavy atom. The van der Waals surface area contributed by atoms with Gasteiger partial charge in [-0.3, -0.25) is 0 Å². The zero-order chi connectivity index (χ0) is 30.1. The van der Waals surface area contributed by atoms with Crippen LogP contribution in [0.5, 0.6) is 0 Å². The molecule has 0 spiro atoms. The van der Waals surface area contributed by atoms with Crippen molar-refractivity contribution in [3.63, 3.8) is 0 Å². The van der Waals surface area contributed by atoms with E-state index in [-0.39, 0.29) is 21.7 Å². The van der Waals surface area contributed by atoms with Gasteiger partial charge in [-0.15, -0.1) is 45.2 Å². The summed E-state index contributed by atoms with van der Waals surface area (Å²) in [5.74, 6) is 0. The molecule has 0 aliphatic rings. The van der Waals surface area contributed by atoms with Crippen molar-refractivity contribution >= 4 is 53.1 Å². The van der Waals surface area contributed by atoms with Gasteiger partial charge >= 0.3 is 21.7 Å². The fourth-order valence-electron chi connectivity index (χ4n) is 6.27. The van der Waals surface area contributed by atoms with Gasteiger partial charge in [0.1, 0.15) is 0 Å². The van der Waals surface area contributed by atoms with E-state index >= 15 is 0 Å². The van der Waals surface area contributed by atoms with Gasteiger partial charge in [0.15, 0.2) is 0 Å². The van der Waals surface area contributed by atoms with Crippen molar-refractivity contribution in [2.24, 2.45) is 0 Å². The maximum Gasteiger partial charge on any atom is 2.00 e. The van der Waals surface area contributed by atoms with E-state index < -0.39 is 0 Å². The number of aryl methyl sites for hydroxylation is 4. The first-order chi connectivity index (χ1) is 21.0. The Kier molecular flexibility index (Phi) is 9.60. The molecule has 2 aromatic heterocycles. The van der Waals surface area contributed by atoms with Gasteiger partial charge in [-0.25, -0.2) is 0 Å². The van der Waals surface area contributed by atoms with Crippen molar-refractivity contribution in [3.8, 4) is 11.4 Å². The minimum Gasteiger partial charge on any atom is -0.367 e. The first kappa shape index (κ1) is 31.5. The molecule has 6 aromatic carbocycles. The van der Waals surface area contributed by atoms with Crippen molar-refractivity contribution < 1.29 is 21.7 Å². The summed E-state index contributed by atoms with van der Waals surface area (Å²) in [4.78, 5) is 0. The summed E-state index contributed by atoms with van der Waals surface area (Å²) in [6.45, 7) is 13.1. The van der Waals surface area contributed by atoms with Crippen LogP contribution in [0.4, 0.5) is 0 Å². The second-order valence-corrected chi connectivity index (χ2v) is 12.3. The molecule has 8 aromatic rings. The molecule has 0 saturated carbocycles. The third-order valence-electron chi connectivity index (χ3n) is 8.47. The summed E-state index contributed by atoms with van der Waals surface area (Å²) < 4.78 is 4.76. The SMILES string of the molecule is C[Si]C.Cc1[cH-]c2c3ccccc3n(-c3ccccc3)c2c1C.Cc1[cH-]c2c3ccccc3n(-c3ccccc3)c2c1C.[Ti+2]. The zero-order valence-electron chi connectivity index (χ0n) is 26.4. The number of benzene rings is 4. The van der Waals surface area contributed by atoms with Crippen LogP contribution in [0.25, 0.3) is 55.0 Å². The Hall–Kier alpha value is -3.89. The Labute approximate surface area is 278 Å². The molecule has 8 rings (SSSR count). The van der Waals surface area contributed by atoms with E-state index in [4.69, 9.17) is 0 Å². The minimum absolute atomic E-state index is 0. The maximum atomic E-state index is 2.38. The van der Waals surface area contributed by atoms with Gasteiger partial charge in [0, 0.05) is 31.9 Å². The molecule has 0 N–H and O–H groups in total. The molecule has 2 radical (unpaired) electrons. The van der Waals surface area contributed by atoms with E-state index in [9.17, 15) is 0 Å². The summed E-state index contributed by atoms with van der Waals surface area (Å²) in [5, 5.41) is 5.39. The second kappa shape index (κ2) is 13.4. The van der Waals surface area contributed by atoms with Crippen LogP contribution in [0.15, 0.2) is 121 Å². The molecule has 0 aliphatic heterocycles. The predicted octanol–water partition coefficient (Wildman–Crippen LogP) is 11.0. The normalized spacial score (nSPS) is 10.9. The number of rotatable bonds is 2. The minimum atomic E-state index is 0. The molecule has 4 heteroatoms. The summed E-state index contributed by atoms with van der Waals surface area (Å²) in [6, 6.07) is 43.2. The average Bonchev–Trinajstić information content (AvgIpc) is 3.72. The fourth-order valence-corrected chi connectivity index (χ4v) is 6.27. The van der Waals surface area contributed by atoms with Gasteiger partial charge in [0.25, 0.3) is 0 Å². The number of nitrogens with zero attached hydrogens (tertiary/aromatic N) is 2. The van der Waals surface area contributed by atoms with Crippen LogP contribution in [0.1, 0.15) is 22.3 Å². The van der Waals surface area contributed by atoms with Crippen LogP contribution in [0.3, 0.4) is 0 Å². The van der Waals surface area contributed by atoms with Crippen LogP contribution < -0.4 is 0 Å². The molecule has 0 aliphatic carbocycles. The third-order valence-corrected chi connectivity index (χ3v) is 8.47. The van der Waals surface area contributed by atoms with E-state index in [0.29, 0.717) is 0 Å². The smallest absolute Gasteiger partial charge is 0.367 e. The number of para-hydroxylation sites is 4. The largest absolute Gasteiger partial charge is 2.00 e. The average molecular weight is 623 g/mol. The molecule has 44 heavy (non-hydrogen) atoms. The quantitative estimate of drug-likeness (QED) is 0.134. The fraction of sp³-hybridized carbons (Fsp3) is 0.150. The van der Waals surface area contributed by atoms with Crippen LogP contribution >= 0.6 is 0 Å². The topological polar surface area (TPSA) is 9.86 Å². The molecule has 0 unspecified atom stereocenters.